The molecule has 0 amide bonds. The number of aromatic nitrogens is 3. The van der Waals surface area contributed by atoms with Crippen molar-refractivity contribution in [2.75, 3.05) is 6.61 Å². The lowest BCUT2D eigenvalue weighted by atomic mass is 9.96. The molecule has 31 heavy (non-hydrogen) atoms. The Morgan fingerprint density at radius 1 is 1.10 bits per heavy atom. The van der Waals surface area contributed by atoms with Crippen molar-refractivity contribution in [3.8, 4) is 0 Å². The highest BCUT2D eigenvalue weighted by Crippen LogP contribution is 2.24. The third-order valence-electron chi connectivity index (χ3n) is 4.99. The lowest BCUT2D eigenvalue weighted by molar-refractivity contribution is -0.145. The zero-order valence-electron chi connectivity index (χ0n) is 17.1. The van der Waals surface area contributed by atoms with Crippen molar-refractivity contribution in [3.05, 3.63) is 100 Å². The fraction of sp³-hybridized carbons (Fsp3) is 0.160. The third kappa shape index (κ3) is 4.84. The van der Waals surface area contributed by atoms with Crippen LogP contribution in [0.1, 0.15) is 35.2 Å². The summed E-state index contributed by atoms with van der Waals surface area (Å²) >= 11 is 5.96. The Bertz CT molecular complexity index is 1200. The second-order valence-corrected chi connectivity index (χ2v) is 7.52. The van der Waals surface area contributed by atoms with Gasteiger partial charge < -0.3 is 4.74 Å². The summed E-state index contributed by atoms with van der Waals surface area (Å²) in [6.45, 7) is 2.14. The van der Waals surface area contributed by atoms with E-state index in [2.05, 4.69) is 10.1 Å². The number of halogens is 1. The summed E-state index contributed by atoms with van der Waals surface area (Å²) in [5.74, 6) is -0.756. The van der Waals surface area contributed by atoms with Crippen molar-refractivity contribution in [2.45, 2.75) is 19.3 Å². The Labute approximate surface area is 186 Å². The van der Waals surface area contributed by atoms with E-state index in [4.69, 9.17) is 16.3 Å². The number of hydrogen-bond acceptors (Lipinski definition) is 4. The van der Waals surface area contributed by atoms with Crippen LogP contribution in [0.25, 0.3) is 17.8 Å². The Kier molecular flexibility index (Phi) is 6.43. The molecule has 2 aromatic carbocycles. The van der Waals surface area contributed by atoms with E-state index in [1.807, 2.05) is 79.7 Å². The maximum absolute atomic E-state index is 12.8. The molecule has 0 fully saturated rings. The molecule has 0 spiro atoms. The molecule has 1 unspecified atom stereocenters. The largest absolute Gasteiger partial charge is 0.465 e. The highest BCUT2D eigenvalue weighted by atomic mass is 35.5. The van der Waals surface area contributed by atoms with Crippen molar-refractivity contribution in [2.24, 2.45) is 0 Å². The van der Waals surface area contributed by atoms with Crippen molar-refractivity contribution in [1.82, 2.24) is 14.6 Å². The number of fused-ring (bicyclic) bond motifs is 1. The van der Waals surface area contributed by atoms with Gasteiger partial charge in [0.15, 0.2) is 5.65 Å². The predicted octanol–water partition coefficient (Wildman–Crippen LogP) is 5.44. The zero-order chi connectivity index (χ0) is 21.6. The number of rotatable bonds is 7. The monoisotopic (exact) mass is 431 g/mol. The first-order valence-corrected chi connectivity index (χ1v) is 10.5. The smallest absolute Gasteiger partial charge is 0.315 e. The topological polar surface area (TPSA) is 56.5 Å². The maximum Gasteiger partial charge on any atom is 0.315 e. The normalized spacial score (nSPS) is 12.3. The van der Waals surface area contributed by atoms with Crippen LogP contribution >= 0.6 is 11.6 Å². The van der Waals surface area contributed by atoms with E-state index in [1.165, 1.54) is 0 Å². The van der Waals surface area contributed by atoms with E-state index >= 15 is 0 Å². The van der Waals surface area contributed by atoms with Crippen LogP contribution in [0.15, 0.2) is 73.1 Å². The standard InChI is InChI=1S/C25H22ClN3O2/c1-2-31-25(30)22(16-19-6-4-3-5-7-19)23-14-15-27-24-20(17-28-29(23)24)11-8-18-9-12-21(26)13-10-18/h3-15,17,22H,2,16H2,1H3. The minimum absolute atomic E-state index is 0.271. The number of esters is 1. The first-order valence-electron chi connectivity index (χ1n) is 10.1. The lowest BCUT2D eigenvalue weighted by Crippen LogP contribution is -2.21. The Balaban J connectivity index is 1.70. The van der Waals surface area contributed by atoms with Gasteiger partial charge in [-0.25, -0.2) is 9.50 Å². The maximum atomic E-state index is 12.8. The molecule has 2 aromatic heterocycles. The first-order chi connectivity index (χ1) is 15.2. The van der Waals surface area contributed by atoms with Gasteiger partial charge in [-0.1, -0.05) is 60.1 Å². The van der Waals surface area contributed by atoms with E-state index < -0.39 is 5.92 Å². The quantitative estimate of drug-likeness (QED) is 0.365. The highest BCUT2D eigenvalue weighted by Gasteiger charge is 2.26. The van der Waals surface area contributed by atoms with E-state index in [-0.39, 0.29) is 5.97 Å². The van der Waals surface area contributed by atoms with Gasteiger partial charge in [-0.2, -0.15) is 5.10 Å². The van der Waals surface area contributed by atoms with Crippen molar-refractivity contribution in [3.63, 3.8) is 0 Å². The first kappa shape index (κ1) is 20.8. The molecule has 0 aliphatic rings. The van der Waals surface area contributed by atoms with Crippen LogP contribution in [0.5, 0.6) is 0 Å². The van der Waals surface area contributed by atoms with Gasteiger partial charge in [0.05, 0.1) is 18.5 Å². The molecule has 0 N–H and O–H groups in total. The summed E-state index contributed by atoms with van der Waals surface area (Å²) in [6.07, 6.45) is 7.92. The molecule has 4 rings (SSSR count). The Morgan fingerprint density at radius 3 is 2.61 bits per heavy atom. The van der Waals surface area contributed by atoms with E-state index in [0.717, 1.165) is 22.4 Å². The van der Waals surface area contributed by atoms with Crippen LogP contribution in [0, 0.1) is 0 Å². The van der Waals surface area contributed by atoms with Crippen LogP contribution in [-0.4, -0.2) is 27.2 Å². The molecule has 0 saturated heterocycles. The van der Waals surface area contributed by atoms with E-state index in [0.29, 0.717) is 23.7 Å². The summed E-state index contributed by atoms with van der Waals surface area (Å²) in [5, 5.41) is 5.22. The molecule has 156 valence electrons. The van der Waals surface area contributed by atoms with E-state index in [1.54, 1.807) is 16.9 Å². The number of carbonyl (C=O) groups is 1. The van der Waals surface area contributed by atoms with Gasteiger partial charge in [-0.15, -0.1) is 0 Å². The summed E-state index contributed by atoms with van der Waals surface area (Å²) in [4.78, 5) is 17.3. The molecular weight excluding hydrogens is 410 g/mol. The van der Waals surface area contributed by atoms with Gasteiger partial charge >= 0.3 is 5.97 Å². The SMILES string of the molecule is CCOC(=O)C(Cc1ccccc1)c1ccnc2c(C=Cc3ccc(Cl)cc3)cnn12. The average molecular weight is 432 g/mol. The minimum Gasteiger partial charge on any atom is -0.465 e. The molecule has 2 heterocycles. The summed E-state index contributed by atoms with van der Waals surface area (Å²) in [7, 11) is 0. The molecule has 4 aromatic rings. The van der Waals surface area contributed by atoms with Gasteiger partial charge in [0, 0.05) is 16.8 Å². The predicted molar refractivity (Wildman–Crippen MR) is 123 cm³/mol. The molecule has 0 aliphatic heterocycles. The van der Waals surface area contributed by atoms with Gasteiger partial charge in [-0.3, -0.25) is 4.79 Å². The number of nitrogens with zero attached hydrogens (tertiary/aromatic N) is 3. The van der Waals surface area contributed by atoms with Gasteiger partial charge in [-0.05, 0) is 48.7 Å². The molecule has 5 nitrogen and oxygen atoms in total. The van der Waals surface area contributed by atoms with Crippen LogP contribution in [0.4, 0.5) is 0 Å². The summed E-state index contributed by atoms with van der Waals surface area (Å²) in [5.41, 5.74) is 4.37. The van der Waals surface area contributed by atoms with Gasteiger partial charge in [0.25, 0.3) is 0 Å². The molecule has 0 bridgehead atoms. The third-order valence-corrected chi connectivity index (χ3v) is 5.25. The van der Waals surface area contributed by atoms with Crippen LogP contribution < -0.4 is 0 Å². The fourth-order valence-electron chi connectivity index (χ4n) is 3.47. The number of hydrogen-bond donors (Lipinski definition) is 0. The van der Waals surface area contributed by atoms with Crippen LogP contribution in [0.3, 0.4) is 0 Å². The molecular formula is C25H22ClN3O2. The fourth-order valence-corrected chi connectivity index (χ4v) is 3.60. The van der Waals surface area contributed by atoms with Crippen LogP contribution in [-0.2, 0) is 16.0 Å². The zero-order valence-corrected chi connectivity index (χ0v) is 17.9. The number of ether oxygens (including phenoxy) is 1. The summed E-state index contributed by atoms with van der Waals surface area (Å²) in [6, 6.07) is 19.3. The number of benzene rings is 2. The van der Waals surface area contributed by atoms with Crippen molar-refractivity contribution in [1.29, 1.82) is 0 Å². The van der Waals surface area contributed by atoms with E-state index in [9.17, 15) is 4.79 Å². The highest BCUT2D eigenvalue weighted by molar-refractivity contribution is 6.30. The molecule has 1 atom stereocenters. The van der Waals surface area contributed by atoms with Gasteiger partial charge in [0.1, 0.15) is 5.92 Å². The van der Waals surface area contributed by atoms with Crippen molar-refractivity contribution >= 4 is 35.4 Å². The number of carbonyl (C=O) groups excluding carboxylic acids is 1. The molecule has 0 radical (unpaired) electrons. The van der Waals surface area contributed by atoms with Crippen LogP contribution in [0.2, 0.25) is 5.02 Å². The van der Waals surface area contributed by atoms with Gasteiger partial charge in [0.2, 0.25) is 0 Å². The Hall–Kier alpha value is -3.44. The second-order valence-electron chi connectivity index (χ2n) is 7.08. The summed E-state index contributed by atoms with van der Waals surface area (Å²) < 4.78 is 7.10. The van der Waals surface area contributed by atoms with Crippen molar-refractivity contribution < 1.29 is 9.53 Å². The molecule has 6 heteroatoms. The lowest BCUT2D eigenvalue weighted by Gasteiger charge is -2.17. The molecule has 0 saturated carbocycles. The second kappa shape index (κ2) is 9.58. The Morgan fingerprint density at radius 2 is 1.87 bits per heavy atom. The molecule has 0 aliphatic carbocycles. The minimum atomic E-state index is -0.485. The average Bonchev–Trinajstić information content (AvgIpc) is 3.21.